The second-order valence-electron chi connectivity index (χ2n) is 4.96. The van der Waals surface area contributed by atoms with Gasteiger partial charge in [-0.2, -0.15) is 0 Å². The van der Waals surface area contributed by atoms with Crippen LogP contribution in [0.2, 0.25) is 5.02 Å². The quantitative estimate of drug-likeness (QED) is 0.915. The number of hydrogen-bond acceptors (Lipinski definition) is 3. The third-order valence-electron chi connectivity index (χ3n) is 3.71. The third-order valence-corrected chi connectivity index (χ3v) is 4.04. The van der Waals surface area contributed by atoms with Crippen molar-refractivity contribution in [2.75, 3.05) is 13.2 Å². The van der Waals surface area contributed by atoms with Crippen LogP contribution in [0.3, 0.4) is 0 Å². The second-order valence-corrected chi connectivity index (χ2v) is 5.37. The van der Waals surface area contributed by atoms with E-state index < -0.39 is 6.10 Å². The minimum absolute atomic E-state index is 0.139. The first-order chi connectivity index (χ1) is 9.27. The average molecular weight is 278 g/mol. The molecule has 0 spiro atoms. The fraction of sp³-hybridized carbons (Fsp3) is 0.400. The summed E-state index contributed by atoms with van der Waals surface area (Å²) >= 11 is 6.17. The first-order valence-corrected chi connectivity index (χ1v) is 6.94. The molecule has 0 bridgehead atoms. The lowest BCUT2D eigenvalue weighted by Crippen LogP contribution is -2.23. The number of hydrogen-bond donors (Lipinski definition) is 1. The summed E-state index contributed by atoms with van der Waals surface area (Å²) in [6.07, 6.45) is 3.17. The van der Waals surface area contributed by atoms with E-state index in [4.69, 9.17) is 16.3 Å². The van der Waals surface area contributed by atoms with Crippen LogP contribution < -0.4 is 0 Å². The van der Waals surface area contributed by atoms with Crippen LogP contribution in [0, 0.1) is 5.92 Å². The van der Waals surface area contributed by atoms with Gasteiger partial charge in [0.05, 0.1) is 18.2 Å². The molecule has 0 saturated carbocycles. The summed E-state index contributed by atoms with van der Waals surface area (Å²) in [6.45, 7) is 1.40. The highest BCUT2D eigenvalue weighted by Crippen LogP contribution is 2.34. The molecule has 2 atom stereocenters. The molecule has 0 amide bonds. The van der Waals surface area contributed by atoms with Crippen LogP contribution in [0.1, 0.15) is 24.5 Å². The lowest BCUT2D eigenvalue weighted by molar-refractivity contribution is -0.00948. The Morgan fingerprint density at radius 1 is 1.37 bits per heavy atom. The van der Waals surface area contributed by atoms with Crippen LogP contribution in [-0.2, 0) is 4.74 Å². The van der Waals surface area contributed by atoms with Gasteiger partial charge >= 0.3 is 0 Å². The van der Waals surface area contributed by atoms with Gasteiger partial charge in [-0.1, -0.05) is 17.7 Å². The number of rotatable bonds is 2. The Hall–Kier alpha value is -1.16. The van der Waals surface area contributed by atoms with E-state index in [1.165, 1.54) is 0 Å². The van der Waals surface area contributed by atoms with Crippen molar-refractivity contribution in [3.8, 4) is 0 Å². The molecule has 100 valence electrons. The second kappa shape index (κ2) is 5.45. The number of pyridine rings is 1. The Balaban J connectivity index is 2.02. The van der Waals surface area contributed by atoms with Crippen LogP contribution in [0.5, 0.6) is 0 Å². The molecule has 19 heavy (non-hydrogen) atoms. The number of ether oxygens (including phenoxy) is 1. The van der Waals surface area contributed by atoms with Gasteiger partial charge in [0, 0.05) is 34.7 Å². The van der Waals surface area contributed by atoms with Crippen LogP contribution in [0.25, 0.3) is 10.9 Å². The van der Waals surface area contributed by atoms with Crippen molar-refractivity contribution in [1.82, 2.24) is 4.98 Å². The predicted molar refractivity (Wildman–Crippen MR) is 75.3 cm³/mol. The number of aliphatic hydroxyl groups is 1. The maximum atomic E-state index is 10.6. The van der Waals surface area contributed by atoms with E-state index >= 15 is 0 Å². The highest BCUT2D eigenvalue weighted by molar-refractivity contribution is 6.35. The van der Waals surface area contributed by atoms with Crippen LogP contribution in [0.4, 0.5) is 0 Å². The lowest BCUT2D eigenvalue weighted by atomic mass is 9.90. The highest BCUT2D eigenvalue weighted by Gasteiger charge is 2.25. The number of fused-ring (bicyclic) bond motifs is 1. The van der Waals surface area contributed by atoms with Gasteiger partial charge in [-0.25, -0.2) is 0 Å². The van der Waals surface area contributed by atoms with Crippen molar-refractivity contribution in [2.24, 2.45) is 5.92 Å². The molecule has 2 unspecified atom stereocenters. The van der Waals surface area contributed by atoms with E-state index in [1.807, 2.05) is 24.3 Å². The van der Waals surface area contributed by atoms with Gasteiger partial charge in [-0.3, -0.25) is 4.98 Å². The Bertz CT molecular complexity index is 581. The van der Waals surface area contributed by atoms with E-state index in [1.54, 1.807) is 6.20 Å². The van der Waals surface area contributed by atoms with Gasteiger partial charge in [0.15, 0.2) is 0 Å². The third kappa shape index (κ3) is 2.46. The fourth-order valence-electron chi connectivity index (χ4n) is 2.67. The van der Waals surface area contributed by atoms with E-state index in [0.717, 1.165) is 35.9 Å². The van der Waals surface area contributed by atoms with Crippen molar-refractivity contribution in [3.05, 3.63) is 41.0 Å². The zero-order chi connectivity index (χ0) is 13.2. The van der Waals surface area contributed by atoms with Crippen LogP contribution in [0.15, 0.2) is 30.5 Å². The molecule has 2 heterocycles. The summed E-state index contributed by atoms with van der Waals surface area (Å²) in [5.74, 6) is 0.139. The summed E-state index contributed by atoms with van der Waals surface area (Å²) in [6, 6.07) is 7.48. The minimum atomic E-state index is -0.546. The zero-order valence-corrected chi connectivity index (χ0v) is 11.3. The van der Waals surface area contributed by atoms with Crippen LogP contribution >= 0.6 is 11.6 Å². The summed E-state index contributed by atoms with van der Waals surface area (Å²) < 4.78 is 5.45. The summed E-state index contributed by atoms with van der Waals surface area (Å²) in [7, 11) is 0. The Morgan fingerprint density at radius 3 is 3.05 bits per heavy atom. The summed E-state index contributed by atoms with van der Waals surface area (Å²) in [5.41, 5.74) is 1.63. The van der Waals surface area contributed by atoms with E-state index in [-0.39, 0.29) is 5.92 Å². The van der Waals surface area contributed by atoms with Crippen molar-refractivity contribution in [2.45, 2.75) is 18.9 Å². The molecular formula is C15H16ClNO2. The number of aromatic nitrogens is 1. The topological polar surface area (TPSA) is 42.4 Å². The van der Waals surface area contributed by atoms with Gasteiger partial charge in [0.25, 0.3) is 0 Å². The highest BCUT2D eigenvalue weighted by atomic mass is 35.5. The van der Waals surface area contributed by atoms with Gasteiger partial charge in [0.1, 0.15) is 0 Å². The first kappa shape index (κ1) is 12.9. The number of aliphatic hydroxyl groups excluding tert-OH is 1. The van der Waals surface area contributed by atoms with Crippen LogP contribution in [-0.4, -0.2) is 23.3 Å². The van der Waals surface area contributed by atoms with E-state index in [0.29, 0.717) is 11.6 Å². The number of halogens is 1. The normalized spacial score (nSPS) is 21.5. The monoisotopic (exact) mass is 277 g/mol. The molecular weight excluding hydrogens is 262 g/mol. The maximum Gasteiger partial charge on any atom is 0.0861 e. The fourth-order valence-corrected chi connectivity index (χ4v) is 2.88. The van der Waals surface area contributed by atoms with Crippen molar-refractivity contribution >= 4 is 22.5 Å². The predicted octanol–water partition coefficient (Wildman–Crippen LogP) is 3.35. The standard InChI is InChI=1S/C15H16ClNO2/c16-13-6-5-12(14-11(13)4-1-7-17-14)15(18)10-3-2-8-19-9-10/h1,4-7,10,15,18H,2-3,8-9H2. The van der Waals surface area contributed by atoms with Gasteiger partial charge in [-0.05, 0) is 31.0 Å². The molecule has 4 heteroatoms. The molecule has 1 N–H and O–H groups in total. The van der Waals surface area contributed by atoms with E-state index in [9.17, 15) is 5.11 Å². The van der Waals surface area contributed by atoms with Gasteiger partial charge < -0.3 is 9.84 Å². The molecule has 2 aromatic rings. The summed E-state index contributed by atoms with van der Waals surface area (Å²) in [5, 5.41) is 12.1. The smallest absolute Gasteiger partial charge is 0.0861 e. The molecule has 0 radical (unpaired) electrons. The summed E-state index contributed by atoms with van der Waals surface area (Å²) in [4.78, 5) is 4.37. The maximum absolute atomic E-state index is 10.6. The molecule has 1 saturated heterocycles. The molecule has 3 rings (SSSR count). The van der Waals surface area contributed by atoms with Crippen molar-refractivity contribution < 1.29 is 9.84 Å². The molecule has 3 nitrogen and oxygen atoms in total. The largest absolute Gasteiger partial charge is 0.388 e. The Labute approximate surface area is 117 Å². The molecule has 1 aliphatic heterocycles. The Morgan fingerprint density at radius 2 is 2.26 bits per heavy atom. The average Bonchev–Trinajstić information content (AvgIpc) is 2.48. The van der Waals surface area contributed by atoms with Gasteiger partial charge in [0.2, 0.25) is 0 Å². The molecule has 1 fully saturated rings. The number of nitrogens with zero attached hydrogens (tertiary/aromatic N) is 1. The Kier molecular flexibility index (Phi) is 3.69. The molecule has 1 aromatic heterocycles. The SMILES string of the molecule is OC(c1ccc(Cl)c2cccnc12)C1CCCOC1. The van der Waals surface area contributed by atoms with Gasteiger partial charge in [-0.15, -0.1) is 0 Å². The van der Waals surface area contributed by atoms with Crippen molar-refractivity contribution in [3.63, 3.8) is 0 Å². The lowest BCUT2D eigenvalue weighted by Gasteiger charge is -2.27. The number of benzene rings is 1. The molecule has 1 aliphatic rings. The van der Waals surface area contributed by atoms with E-state index in [2.05, 4.69) is 4.98 Å². The molecule has 0 aliphatic carbocycles. The molecule has 1 aromatic carbocycles. The first-order valence-electron chi connectivity index (χ1n) is 6.56. The zero-order valence-electron chi connectivity index (χ0n) is 10.6. The van der Waals surface area contributed by atoms with Crippen molar-refractivity contribution in [1.29, 1.82) is 0 Å². The minimum Gasteiger partial charge on any atom is -0.388 e.